The number of rotatable bonds is 2. The second kappa shape index (κ2) is 3.48. The predicted molar refractivity (Wildman–Crippen MR) is 44.7 cm³/mol. The molecule has 1 rings (SSSR count). The van der Waals surface area contributed by atoms with Gasteiger partial charge in [-0.3, -0.25) is 0 Å². The lowest BCUT2D eigenvalue weighted by Crippen LogP contribution is -1.96. The van der Waals surface area contributed by atoms with Crippen molar-refractivity contribution in [1.29, 1.82) is 0 Å². The van der Waals surface area contributed by atoms with Gasteiger partial charge >= 0.3 is 0 Å². The summed E-state index contributed by atoms with van der Waals surface area (Å²) in [6, 6.07) is 4.03. The largest absolute Gasteiger partial charge is 0.204 e. The fraction of sp³-hybridized carbons (Fsp3) is 0.100. The molecule has 63 valence electrons. The van der Waals surface area contributed by atoms with Crippen LogP contribution in [-0.4, -0.2) is 0 Å². The molecule has 0 amide bonds. The maximum Gasteiger partial charge on any atom is 0.162 e. The normalized spacial score (nSPS) is 12.6. The Morgan fingerprint density at radius 2 is 2.00 bits per heavy atom. The molecule has 1 aromatic rings. The first-order valence-corrected chi connectivity index (χ1v) is 3.56. The Labute approximate surface area is 70.5 Å². The number of hydrogen-bond acceptors (Lipinski definition) is 0. The maximum absolute atomic E-state index is 13.0. The summed E-state index contributed by atoms with van der Waals surface area (Å²) in [6.45, 7) is 7.06. The quantitative estimate of drug-likeness (QED) is 0.594. The van der Waals surface area contributed by atoms with Crippen molar-refractivity contribution in [2.75, 3.05) is 0 Å². The lowest BCUT2D eigenvalue weighted by Gasteiger charge is -2.06. The summed E-state index contributed by atoms with van der Waals surface area (Å²) in [6.07, 6.45) is 1.47. The highest BCUT2D eigenvalue weighted by Crippen LogP contribution is 2.20. The van der Waals surface area contributed by atoms with Crippen LogP contribution in [0.1, 0.15) is 11.5 Å². The van der Waals surface area contributed by atoms with Gasteiger partial charge in [-0.05, 0) is 18.6 Å². The average molecular weight is 167 g/mol. The van der Waals surface area contributed by atoms with Gasteiger partial charge < -0.3 is 0 Å². The van der Waals surface area contributed by atoms with E-state index in [1.165, 1.54) is 18.2 Å². The molecule has 2 heteroatoms. The third kappa shape index (κ3) is 1.52. The molecule has 0 aliphatic carbocycles. The Hall–Kier alpha value is -1.18. The van der Waals surface area contributed by atoms with Crippen molar-refractivity contribution in [3.8, 4) is 0 Å². The molecule has 1 unspecified atom stereocenters. The van der Waals surface area contributed by atoms with Gasteiger partial charge in [0.1, 0.15) is 0 Å². The van der Waals surface area contributed by atoms with Gasteiger partial charge in [0.05, 0.1) is 0 Å². The lowest BCUT2D eigenvalue weighted by molar-refractivity contribution is 0.498. The molecule has 0 nitrogen and oxygen atoms in total. The van der Waals surface area contributed by atoms with E-state index in [0.29, 0.717) is 0 Å². The molecule has 0 fully saturated rings. The molecule has 12 heavy (non-hydrogen) atoms. The lowest BCUT2D eigenvalue weighted by atomic mass is 10.0. The first-order valence-electron chi connectivity index (χ1n) is 3.56. The van der Waals surface area contributed by atoms with Crippen molar-refractivity contribution in [3.63, 3.8) is 0 Å². The van der Waals surface area contributed by atoms with E-state index in [1.807, 2.05) is 0 Å². The maximum atomic E-state index is 13.0. The summed E-state index contributed by atoms with van der Waals surface area (Å²) in [4.78, 5) is 0. The third-order valence-electron chi connectivity index (χ3n) is 1.67. The molecule has 0 aliphatic heterocycles. The fourth-order valence-electron chi connectivity index (χ4n) is 0.934. The zero-order valence-electron chi connectivity index (χ0n) is 6.56. The zero-order valence-corrected chi connectivity index (χ0v) is 6.56. The minimum absolute atomic E-state index is 0.241. The van der Waals surface area contributed by atoms with Crippen molar-refractivity contribution in [3.05, 3.63) is 55.0 Å². The Morgan fingerprint density at radius 3 is 2.58 bits per heavy atom. The van der Waals surface area contributed by atoms with Gasteiger partial charge in [-0.1, -0.05) is 18.2 Å². The van der Waals surface area contributed by atoms with E-state index in [-0.39, 0.29) is 5.56 Å². The van der Waals surface area contributed by atoms with Gasteiger partial charge in [-0.15, -0.1) is 6.58 Å². The summed E-state index contributed by atoms with van der Waals surface area (Å²) in [7, 11) is 0. The third-order valence-corrected chi connectivity index (χ3v) is 1.67. The second-order valence-corrected chi connectivity index (χ2v) is 2.49. The zero-order chi connectivity index (χ0) is 9.14. The first kappa shape index (κ1) is 8.91. The van der Waals surface area contributed by atoms with Crippen LogP contribution in [0, 0.1) is 18.6 Å². The molecule has 1 radical (unpaired) electrons. The first-order chi connectivity index (χ1) is 5.66. The average Bonchev–Trinajstić information content (AvgIpc) is 2.08. The molecule has 0 bridgehead atoms. The summed E-state index contributed by atoms with van der Waals surface area (Å²) < 4.78 is 25.6. The van der Waals surface area contributed by atoms with Crippen LogP contribution in [0.25, 0.3) is 0 Å². The van der Waals surface area contributed by atoms with Crippen LogP contribution in [0.3, 0.4) is 0 Å². The summed E-state index contributed by atoms with van der Waals surface area (Å²) in [5.74, 6) is -2.08. The van der Waals surface area contributed by atoms with Crippen molar-refractivity contribution in [2.24, 2.45) is 0 Å². The Morgan fingerprint density at radius 1 is 1.33 bits per heavy atom. The summed E-state index contributed by atoms with van der Waals surface area (Å²) in [5, 5.41) is 0. The van der Waals surface area contributed by atoms with Gasteiger partial charge in [0.15, 0.2) is 11.6 Å². The van der Waals surface area contributed by atoms with Crippen LogP contribution in [-0.2, 0) is 0 Å². The van der Waals surface area contributed by atoms with E-state index in [1.54, 1.807) is 0 Å². The van der Waals surface area contributed by atoms with E-state index in [2.05, 4.69) is 13.5 Å². The molecular weight excluding hydrogens is 158 g/mol. The summed E-state index contributed by atoms with van der Waals surface area (Å²) in [5.41, 5.74) is 0.241. The Kier molecular flexibility index (Phi) is 2.58. The molecule has 0 N–H and O–H groups in total. The van der Waals surface area contributed by atoms with Crippen LogP contribution >= 0.6 is 0 Å². The van der Waals surface area contributed by atoms with E-state index in [0.717, 1.165) is 6.07 Å². The van der Waals surface area contributed by atoms with Crippen LogP contribution in [0.5, 0.6) is 0 Å². The SMILES string of the molecule is [CH2]C(C=C)c1cccc(F)c1F. The number of benzene rings is 1. The van der Waals surface area contributed by atoms with Gasteiger partial charge in [0.2, 0.25) is 0 Å². The van der Waals surface area contributed by atoms with E-state index in [4.69, 9.17) is 0 Å². The smallest absolute Gasteiger partial charge is 0.162 e. The number of halogens is 2. The monoisotopic (exact) mass is 167 g/mol. The second-order valence-electron chi connectivity index (χ2n) is 2.49. The van der Waals surface area contributed by atoms with Crippen molar-refractivity contribution < 1.29 is 8.78 Å². The van der Waals surface area contributed by atoms with E-state index >= 15 is 0 Å². The van der Waals surface area contributed by atoms with Crippen LogP contribution in [0.4, 0.5) is 8.78 Å². The molecule has 0 heterocycles. The van der Waals surface area contributed by atoms with Gasteiger partial charge in [0.25, 0.3) is 0 Å². The molecule has 0 spiro atoms. The summed E-state index contributed by atoms with van der Waals surface area (Å²) >= 11 is 0. The fourth-order valence-corrected chi connectivity index (χ4v) is 0.934. The highest BCUT2D eigenvalue weighted by Gasteiger charge is 2.10. The predicted octanol–water partition coefficient (Wildman–Crippen LogP) is 3.07. The topological polar surface area (TPSA) is 0 Å². The van der Waals surface area contributed by atoms with E-state index < -0.39 is 17.6 Å². The van der Waals surface area contributed by atoms with Crippen molar-refractivity contribution in [2.45, 2.75) is 5.92 Å². The number of hydrogen-bond donors (Lipinski definition) is 0. The molecule has 1 atom stereocenters. The minimum atomic E-state index is -0.844. The van der Waals surface area contributed by atoms with E-state index in [9.17, 15) is 8.78 Å². The molecule has 0 aromatic heterocycles. The van der Waals surface area contributed by atoms with Gasteiger partial charge in [-0.2, -0.15) is 0 Å². The molecule has 0 aliphatic rings. The molecular formula is C10H9F2. The standard InChI is InChI=1S/C10H9F2/c1-3-7(2)8-5-4-6-9(11)10(8)12/h3-7H,1-2H2. The Bertz CT molecular complexity index is 292. The van der Waals surface area contributed by atoms with Crippen LogP contribution in [0.2, 0.25) is 0 Å². The van der Waals surface area contributed by atoms with Crippen LogP contribution in [0.15, 0.2) is 30.9 Å². The van der Waals surface area contributed by atoms with Crippen molar-refractivity contribution in [1.82, 2.24) is 0 Å². The Balaban J connectivity index is 3.15. The van der Waals surface area contributed by atoms with Crippen molar-refractivity contribution >= 4 is 0 Å². The molecule has 1 aromatic carbocycles. The highest BCUT2D eigenvalue weighted by molar-refractivity contribution is 5.26. The number of allylic oxidation sites excluding steroid dienone is 1. The molecule has 0 saturated heterocycles. The highest BCUT2D eigenvalue weighted by atomic mass is 19.2. The molecule has 0 saturated carbocycles. The minimum Gasteiger partial charge on any atom is -0.204 e. The van der Waals surface area contributed by atoms with Gasteiger partial charge in [0, 0.05) is 5.92 Å². The van der Waals surface area contributed by atoms with Gasteiger partial charge in [-0.25, -0.2) is 8.78 Å². The van der Waals surface area contributed by atoms with Crippen LogP contribution < -0.4 is 0 Å².